The summed E-state index contributed by atoms with van der Waals surface area (Å²) in [6.45, 7) is 0.606. The van der Waals surface area contributed by atoms with E-state index in [-0.39, 0.29) is 5.56 Å². The van der Waals surface area contributed by atoms with E-state index in [9.17, 15) is 4.79 Å². The standard InChI is InChI=1S/C13H10ClN3O/c14-11-8-13(18)17-12(6-7-15-17)16(11)9-10-4-2-1-3-5-10/h1-8H,9H2. The van der Waals surface area contributed by atoms with Crippen LogP contribution in [-0.2, 0) is 6.54 Å². The van der Waals surface area contributed by atoms with E-state index in [0.717, 1.165) is 5.56 Å². The van der Waals surface area contributed by atoms with Gasteiger partial charge in [-0.15, -0.1) is 0 Å². The van der Waals surface area contributed by atoms with Gasteiger partial charge in [0, 0.05) is 12.1 Å². The van der Waals surface area contributed by atoms with E-state index in [1.54, 1.807) is 12.3 Å². The highest BCUT2D eigenvalue weighted by Crippen LogP contribution is 2.13. The maximum Gasteiger partial charge on any atom is 0.275 e. The van der Waals surface area contributed by atoms with Crippen molar-refractivity contribution in [3.63, 3.8) is 0 Å². The van der Waals surface area contributed by atoms with Crippen LogP contribution in [-0.4, -0.2) is 14.2 Å². The van der Waals surface area contributed by atoms with Gasteiger partial charge in [0.15, 0.2) is 0 Å². The molecule has 90 valence electrons. The average molecular weight is 260 g/mol. The molecule has 5 heteroatoms. The highest BCUT2D eigenvalue weighted by Gasteiger charge is 2.08. The summed E-state index contributed by atoms with van der Waals surface area (Å²) >= 11 is 6.14. The molecule has 2 heterocycles. The lowest BCUT2D eigenvalue weighted by Crippen LogP contribution is -2.18. The number of nitrogens with zero attached hydrogens (tertiary/aromatic N) is 3. The minimum atomic E-state index is -0.218. The van der Waals surface area contributed by atoms with E-state index in [1.807, 2.05) is 34.9 Å². The summed E-state index contributed by atoms with van der Waals surface area (Å²) in [6, 6.07) is 13.1. The fourth-order valence-corrected chi connectivity index (χ4v) is 2.18. The molecule has 2 aromatic heterocycles. The number of fused-ring (bicyclic) bond motifs is 1. The Morgan fingerprint density at radius 2 is 1.94 bits per heavy atom. The van der Waals surface area contributed by atoms with Gasteiger partial charge in [0.1, 0.15) is 10.8 Å². The zero-order chi connectivity index (χ0) is 12.5. The SMILES string of the molecule is O=c1cc(Cl)n(Cc2ccccc2)c2ccnn12. The van der Waals surface area contributed by atoms with E-state index < -0.39 is 0 Å². The fourth-order valence-electron chi connectivity index (χ4n) is 1.94. The van der Waals surface area contributed by atoms with Crippen molar-refractivity contribution >= 4 is 17.2 Å². The highest BCUT2D eigenvalue weighted by molar-refractivity contribution is 6.29. The quantitative estimate of drug-likeness (QED) is 0.662. The van der Waals surface area contributed by atoms with E-state index in [4.69, 9.17) is 11.6 Å². The summed E-state index contributed by atoms with van der Waals surface area (Å²) in [5, 5.41) is 4.40. The molecule has 0 amide bonds. The highest BCUT2D eigenvalue weighted by atomic mass is 35.5. The summed E-state index contributed by atoms with van der Waals surface area (Å²) in [4.78, 5) is 11.7. The first-order chi connectivity index (χ1) is 8.75. The number of benzene rings is 1. The Morgan fingerprint density at radius 1 is 1.17 bits per heavy atom. The van der Waals surface area contributed by atoms with Gasteiger partial charge in [-0.3, -0.25) is 4.79 Å². The third kappa shape index (κ3) is 1.80. The van der Waals surface area contributed by atoms with Gasteiger partial charge in [0.2, 0.25) is 0 Å². The minimum absolute atomic E-state index is 0.218. The molecule has 1 aromatic carbocycles. The van der Waals surface area contributed by atoms with Crippen LogP contribution in [0.1, 0.15) is 5.56 Å². The molecule has 0 N–H and O–H groups in total. The molecule has 4 nitrogen and oxygen atoms in total. The fraction of sp³-hybridized carbons (Fsp3) is 0.0769. The Labute approximate surface area is 108 Å². The number of hydrogen-bond acceptors (Lipinski definition) is 2. The van der Waals surface area contributed by atoms with E-state index in [2.05, 4.69) is 5.10 Å². The van der Waals surface area contributed by atoms with Crippen LogP contribution in [0.4, 0.5) is 0 Å². The van der Waals surface area contributed by atoms with Crippen LogP contribution < -0.4 is 5.56 Å². The molecule has 0 aliphatic rings. The van der Waals surface area contributed by atoms with E-state index >= 15 is 0 Å². The van der Waals surface area contributed by atoms with Crippen LogP contribution in [0.15, 0.2) is 53.5 Å². The van der Waals surface area contributed by atoms with Crippen molar-refractivity contribution in [2.75, 3.05) is 0 Å². The van der Waals surface area contributed by atoms with Crippen LogP contribution in [0.5, 0.6) is 0 Å². The molecule has 0 saturated carbocycles. The Balaban J connectivity index is 2.17. The van der Waals surface area contributed by atoms with Crippen LogP contribution in [0, 0.1) is 0 Å². The molecule has 0 bridgehead atoms. The van der Waals surface area contributed by atoms with Crippen LogP contribution in [0.3, 0.4) is 0 Å². The topological polar surface area (TPSA) is 39.3 Å². The lowest BCUT2D eigenvalue weighted by atomic mass is 10.2. The molecule has 3 aromatic rings. The zero-order valence-electron chi connectivity index (χ0n) is 9.45. The molecule has 0 aliphatic heterocycles. The Kier molecular flexibility index (Phi) is 2.64. The lowest BCUT2D eigenvalue weighted by Gasteiger charge is -2.10. The van der Waals surface area contributed by atoms with Gasteiger partial charge in [-0.2, -0.15) is 9.61 Å². The summed E-state index contributed by atoms with van der Waals surface area (Å²) in [5.74, 6) is 0. The predicted octanol–water partition coefficient (Wildman–Crippen LogP) is 2.20. The average Bonchev–Trinajstić information content (AvgIpc) is 2.85. The Hall–Kier alpha value is -2.07. The third-order valence-corrected chi connectivity index (χ3v) is 3.11. The smallest absolute Gasteiger partial charge is 0.275 e. The van der Waals surface area contributed by atoms with Crippen molar-refractivity contribution in [3.8, 4) is 0 Å². The first-order valence-corrected chi connectivity index (χ1v) is 5.90. The molecule has 0 unspecified atom stereocenters. The Morgan fingerprint density at radius 3 is 2.72 bits per heavy atom. The van der Waals surface area contributed by atoms with Gasteiger partial charge < -0.3 is 4.57 Å². The first kappa shape index (κ1) is 11.0. The second-order valence-corrected chi connectivity index (χ2v) is 4.37. The minimum Gasteiger partial charge on any atom is -0.312 e. The summed E-state index contributed by atoms with van der Waals surface area (Å²) < 4.78 is 3.19. The summed E-state index contributed by atoms with van der Waals surface area (Å²) in [5.41, 5.74) is 1.59. The monoisotopic (exact) mass is 259 g/mol. The van der Waals surface area contributed by atoms with Crippen molar-refractivity contribution in [3.05, 3.63) is 69.7 Å². The lowest BCUT2D eigenvalue weighted by molar-refractivity contribution is 0.765. The molecule has 0 spiro atoms. The second kappa shape index (κ2) is 4.31. The van der Waals surface area contributed by atoms with Gasteiger partial charge in [-0.25, -0.2) is 0 Å². The van der Waals surface area contributed by atoms with E-state index in [1.165, 1.54) is 10.6 Å². The Bertz CT molecular complexity index is 746. The summed E-state index contributed by atoms with van der Waals surface area (Å²) in [6.07, 6.45) is 1.59. The second-order valence-electron chi connectivity index (χ2n) is 3.98. The van der Waals surface area contributed by atoms with Crippen LogP contribution in [0.25, 0.3) is 5.65 Å². The zero-order valence-corrected chi connectivity index (χ0v) is 10.2. The van der Waals surface area contributed by atoms with Crippen LogP contribution >= 0.6 is 11.6 Å². The van der Waals surface area contributed by atoms with Gasteiger partial charge in [0.05, 0.1) is 12.7 Å². The van der Waals surface area contributed by atoms with Crippen molar-refractivity contribution < 1.29 is 0 Å². The molecule has 0 fully saturated rings. The van der Waals surface area contributed by atoms with Crippen molar-refractivity contribution in [1.82, 2.24) is 14.2 Å². The third-order valence-electron chi connectivity index (χ3n) is 2.79. The molecule has 0 saturated heterocycles. The van der Waals surface area contributed by atoms with Gasteiger partial charge in [-0.1, -0.05) is 41.9 Å². The maximum absolute atomic E-state index is 11.7. The molecular formula is C13H10ClN3O. The van der Waals surface area contributed by atoms with Crippen molar-refractivity contribution in [2.45, 2.75) is 6.54 Å². The molecule has 0 aliphatic carbocycles. The molecular weight excluding hydrogens is 250 g/mol. The van der Waals surface area contributed by atoms with Gasteiger partial charge in [-0.05, 0) is 5.56 Å². The molecule has 3 rings (SSSR count). The van der Waals surface area contributed by atoms with Crippen molar-refractivity contribution in [2.24, 2.45) is 0 Å². The first-order valence-electron chi connectivity index (χ1n) is 5.53. The van der Waals surface area contributed by atoms with Crippen LogP contribution in [0.2, 0.25) is 5.15 Å². The number of halogens is 1. The molecule has 0 atom stereocenters. The molecule has 0 radical (unpaired) electrons. The normalized spacial score (nSPS) is 10.9. The number of rotatable bonds is 2. The molecule has 18 heavy (non-hydrogen) atoms. The number of hydrogen-bond donors (Lipinski definition) is 0. The predicted molar refractivity (Wildman–Crippen MR) is 70.0 cm³/mol. The number of aromatic nitrogens is 3. The van der Waals surface area contributed by atoms with Crippen molar-refractivity contribution in [1.29, 1.82) is 0 Å². The van der Waals surface area contributed by atoms with E-state index in [0.29, 0.717) is 17.3 Å². The summed E-state index contributed by atoms with van der Waals surface area (Å²) in [7, 11) is 0. The van der Waals surface area contributed by atoms with Gasteiger partial charge >= 0.3 is 0 Å². The van der Waals surface area contributed by atoms with Gasteiger partial charge in [0.25, 0.3) is 5.56 Å². The maximum atomic E-state index is 11.7. The largest absolute Gasteiger partial charge is 0.312 e.